The molecule has 8 heteroatoms. The zero-order valence-corrected chi connectivity index (χ0v) is 17.3. The maximum Gasteiger partial charge on any atom is 0.258 e. The average molecular weight is 426 g/mol. The summed E-state index contributed by atoms with van der Waals surface area (Å²) in [6.07, 6.45) is 5.00. The second-order valence-corrected chi connectivity index (χ2v) is 7.55. The quantitative estimate of drug-likeness (QED) is 0.496. The minimum atomic E-state index is -0.328. The van der Waals surface area contributed by atoms with Crippen LogP contribution in [0.1, 0.15) is 27.3 Å². The Balaban J connectivity index is 1.67. The summed E-state index contributed by atoms with van der Waals surface area (Å²) < 4.78 is 1.97. The molecule has 0 bridgehead atoms. The first kappa shape index (κ1) is 19.4. The molecule has 6 nitrogen and oxygen atoms in total. The molecule has 4 rings (SSSR count). The number of carbonyl (C=O) groups is 1. The van der Waals surface area contributed by atoms with E-state index in [1.165, 1.54) is 6.20 Å². The lowest BCUT2D eigenvalue weighted by atomic mass is 10.1. The fourth-order valence-electron chi connectivity index (χ4n) is 3.19. The van der Waals surface area contributed by atoms with Crippen LogP contribution >= 0.6 is 23.2 Å². The zero-order chi connectivity index (χ0) is 20.5. The van der Waals surface area contributed by atoms with Crippen LogP contribution in [0.2, 0.25) is 10.0 Å². The Morgan fingerprint density at radius 1 is 1.10 bits per heavy atom. The van der Waals surface area contributed by atoms with Gasteiger partial charge in [0.05, 0.1) is 22.8 Å². The van der Waals surface area contributed by atoms with Gasteiger partial charge in [-0.05, 0) is 49.7 Å². The number of benzene rings is 1. The number of aromatic nitrogens is 4. The molecule has 0 atom stereocenters. The summed E-state index contributed by atoms with van der Waals surface area (Å²) in [5.41, 5.74) is 4.35. The summed E-state index contributed by atoms with van der Waals surface area (Å²) in [7, 11) is 0. The molecule has 1 N–H and O–H groups in total. The van der Waals surface area contributed by atoms with Crippen LogP contribution in [0.5, 0.6) is 0 Å². The number of nitrogens with zero attached hydrogens (tertiary/aromatic N) is 4. The molecule has 29 heavy (non-hydrogen) atoms. The number of aryl methyl sites for hydroxylation is 2. The highest BCUT2D eigenvalue weighted by Gasteiger charge is 2.19. The Labute approximate surface area is 177 Å². The normalized spacial score (nSPS) is 11.0. The third-order valence-corrected chi connectivity index (χ3v) is 5.20. The van der Waals surface area contributed by atoms with E-state index in [9.17, 15) is 4.79 Å². The Kier molecular flexibility index (Phi) is 5.22. The minimum absolute atomic E-state index is 0.313. The average Bonchev–Trinajstić information content (AvgIpc) is 3.00. The highest BCUT2D eigenvalue weighted by Crippen LogP contribution is 2.31. The monoisotopic (exact) mass is 425 g/mol. The van der Waals surface area contributed by atoms with Crippen molar-refractivity contribution in [2.45, 2.75) is 20.4 Å². The molecule has 4 aromatic rings. The number of hydrogen-bond donors (Lipinski definition) is 1. The van der Waals surface area contributed by atoms with Gasteiger partial charge in [0.15, 0.2) is 0 Å². The van der Waals surface area contributed by atoms with Crippen LogP contribution in [0.4, 0.5) is 5.69 Å². The van der Waals surface area contributed by atoms with Crippen molar-refractivity contribution >= 4 is 45.8 Å². The van der Waals surface area contributed by atoms with Crippen LogP contribution < -0.4 is 5.32 Å². The van der Waals surface area contributed by atoms with Gasteiger partial charge in [0.2, 0.25) is 0 Å². The zero-order valence-electron chi connectivity index (χ0n) is 15.8. The van der Waals surface area contributed by atoms with Gasteiger partial charge in [-0.3, -0.25) is 4.79 Å². The smallest absolute Gasteiger partial charge is 0.258 e. The number of anilines is 1. The molecule has 146 valence electrons. The van der Waals surface area contributed by atoms with Crippen molar-refractivity contribution in [1.82, 2.24) is 19.5 Å². The Morgan fingerprint density at radius 2 is 1.86 bits per heavy atom. The van der Waals surface area contributed by atoms with Gasteiger partial charge in [0, 0.05) is 34.2 Å². The van der Waals surface area contributed by atoms with E-state index < -0.39 is 0 Å². The van der Waals surface area contributed by atoms with Gasteiger partial charge < -0.3 is 9.88 Å². The van der Waals surface area contributed by atoms with Crippen molar-refractivity contribution in [3.63, 3.8) is 0 Å². The van der Waals surface area contributed by atoms with Crippen LogP contribution in [0, 0.1) is 13.8 Å². The molecular weight excluding hydrogens is 409 g/mol. The van der Waals surface area contributed by atoms with Crippen molar-refractivity contribution in [2.24, 2.45) is 0 Å². The van der Waals surface area contributed by atoms with Gasteiger partial charge in [-0.2, -0.15) is 0 Å². The molecule has 1 amide bonds. The summed E-state index contributed by atoms with van der Waals surface area (Å²) >= 11 is 12.5. The molecule has 0 aliphatic heterocycles. The standard InChI is InChI=1S/C21H17Cl2N5O/c1-12-9-28(10-16-7-13(2)25-11-26-16)20-18(12)19(23)17(8-24-20)21(29)27-15-5-3-14(22)4-6-15/h3-9,11H,10H2,1-2H3,(H,27,29). The second-order valence-electron chi connectivity index (χ2n) is 6.74. The highest BCUT2D eigenvalue weighted by atomic mass is 35.5. The maximum atomic E-state index is 12.7. The van der Waals surface area contributed by atoms with Crippen LogP contribution in [0.3, 0.4) is 0 Å². The molecule has 0 aliphatic rings. The maximum absolute atomic E-state index is 12.7. The molecule has 3 aromatic heterocycles. The van der Waals surface area contributed by atoms with Crippen molar-refractivity contribution in [3.05, 3.63) is 81.6 Å². The van der Waals surface area contributed by atoms with Crippen molar-refractivity contribution in [3.8, 4) is 0 Å². The molecular formula is C21H17Cl2N5O. The fraction of sp³-hybridized carbons (Fsp3) is 0.143. The first-order chi connectivity index (χ1) is 13.9. The summed E-state index contributed by atoms with van der Waals surface area (Å²) in [6, 6.07) is 8.80. The van der Waals surface area contributed by atoms with Crippen LogP contribution in [0.15, 0.2) is 49.1 Å². The predicted molar refractivity (Wildman–Crippen MR) is 115 cm³/mol. The van der Waals surface area contributed by atoms with E-state index in [1.807, 2.05) is 30.7 Å². The Morgan fingerprint density at radius 3 is 2.59 bits per heavy atom. The van der Waals surface area contributed by atoms with E-state index >= 15 is 0 Å². The van der Waals surface area contributed by atoms with E-state index in [2.05, 4.69) is 20.3 Å². The topological polar surface area (TPSA) is 72.7 Å². The second kappa shape index (κ2) is 7.81. The summed E-state index contributed by atoms with van der Waals surface area (Å²) in [6.45, 7) is 4.40. The largest absolute Gasteiger partial charge is 0.326 e. The highest BCUT2D eigenvalue weighted by molar-refractivity contribution is 6.39. The van der Waals surface area contributed by atoms with E-state index in [1.54, 1.807) is 30.6 Å². The fourth-order valence-corrected chi connectivity index (χ4v) is 3.68. The van der Waals surface area contributed by atoms with Crippen molar-refractivity contribution in [2.75, 3.05) is 5.32 Å². The van der Waals surface area contributed by atoms with E-state index in [0.29, 0.717) is 33.5 Å². The van der Waals surface area contributed by atoms with Gasteiger partial charge in [-0.1, -0.05) is 23.2 Å². The molecule has 0 saturated heterocycles. The number of carbonyl (C=O) groups excluding carboxylic acids is 1. The van der Waals surface area contributed by atoms with Gasteiger partial charge >= 0.3 is 0 Å². The molecule has 0 spiro atoms. The predicted octanol–water partition coefficient (Wildman–Crippen LogP) is 5.05. The first-order valence-corrected chi connectivity index (χ1v) is 9.66. The number of amides is 1. The summed E-state index contributed by atoms with van der Waals surface area (Å²) in [4.78, 5) is 25.7. The van der Waals surface area contributed by atoms with Crippen molar-refractivity contribution < 1.29 is 4.79 Å². The molecule has 0 unspecified atom stereocenters. The lowest BCUT2D eigenvalue weighted by molar-refractivity contribution is 0.102. The molecule has 3 heterocycles. The minimum Gasteiger partial charge on any atom is -0.326 e. The van der Waals surface area contributed by atoms with E-state index in [0.717, 1.165) is 22.3 Å². The van der Waals surface area contributed by atoms with E-state index in [-0.39, 0.29) is 5.91 Å². The van der Waals surface area contributed by atoms with Gasteiger partial charge in [0.25, 0.3) is 5.91 Å². The number of nitrogens with one attached hydrogen (secondary N) is 1. The number of rotatable bonds is 4. The number of halogens is 2. The third-order valence-electron chi connectivity index (χ3n) is 4.55. The van der Waals surface area contributed by atoms with Gasteiger partial charge in [-0.25, -0.2) is 15.0 Å². The van der Waals surface area contributed by atoms with Crippen LogP contribution in [0.25, 0.3) is 11.0 Å². The molecule has 0 radical (unpaired) electrons. The molecule has 1 aromatic carbocycles. The third kappa shape index (κ3) is 3.95. The lowest BCUT2D eigenvalue weighted by Crippen LogP contribution is -2.13. The first-order valence-electron chi connectivity index (χ1n) is 8.91. The Bertz CT molecular complexity index is 1220. The van der Waals surface area contributed by atoms with Crippen LogP contribution in [-0.4, -0.2) is 25.4 Å². The number of hydrogen-bond acceptors (Lipinski definition) is 4. The number of pyridine rings is 1. The Hall–Kier alpha value is -2.96. The SMILES string of the molecule is Cc1cc(Cn2cc(C)c3c(Cl)c(C(=O)Nc4ccc(Cl)cc4)cnc32)ncn1. The van der Waals surface area contributed by atoms with Gasteiger partial charge in [0.1, 0.15) is 12.0 Å². The molecule has 0 saturated carbocycles. The van der Waals surface area contributed by atoms with Crippen LogP contribution in [-0.2, 0) is 6.54 Å². The summed E-state index contributed by atoms with van der Waals surface area (Å²) in [5.74, 6) is -0.328. The molecule has 0 fully saturated rings. The van der Waals surface area contributed by atoms with E-state index in [4.69, 9.17) is 23.2 Å². The lowest BCUT2D eigenvalue weighted by Gasteiger charge is -2.09. The summed E-state index contributed by atoms with van der Waals surface area (Å²) in [5, 5.41) is 4.54. The van der Waals surface area contributed by atoms with Gasteiger partial charge in [-0.15, -0.1) is 0 Å². The number of fused-ring (bicyclic) bond motifs is 1. The molecule has 0 aliphatic carbocycles. The van der Waals surface area contributed by atoms with Crippen molar-refractivity contribution in [1.29, 1.82) is 0 Å².